The van der Waals surface area contributed by atoms with Gasteiger partial charge in [-0.3, -0.25) is 14.9 Å². The van der Waals surface area contributed by atoms with E-state index in [1.807, 2.05) is 0 Å². The molecule has 1 N–H and O–H groups in total. The van der Waals surface area contributed by atoms with E-state index in [1.54, 1.807) is 0 Å². The predicted molar refractivity (Wildman–Crippen MR) is 83.6 cm³/mol. The Kier molecular flexibility index (Phi) is 5.36. The lowest BCUT2D eigenvalue weighted by atomic mass is 10.3. The SMILES string of the molecule is O=C(COc1ccc([N+](=O)[O-])cc1Cl)Nc1ccc(F)c(Cl)c1. The zero-order valence-corrected chi connectivity index (χ0v) is 12.9. The van der Waals surface area contributed by atoms with Crippen LogP contribution in [-0.4, -0.2) is 17.4 Å². The predicted octanol–water partition coefficient (Wildman–Crippen LogP) is 4.06. The van der Waals surface area contributed by atoms with Gasteiger partial charge in [0.15, 0.2) is 6.61 Å². The number of rotatable bonds is 5. The van der Waals surface area contributed by atoms with Crippen LogP contribution in [0.5, 0.6) is 5.75 Å². The Morgan fingerprint density at radius 2 is 1.96 bits per heavy atom. The number of nitrogens with one attached hydrogen (secondary N) is 1. The molecule has 0 saturated heterocycles. The van der Waals surface area contributed by atoms with Crippen molar-refractivity contribution in [3.05, 3.63) is 62.4 Å². The fraction of sp³-hybridized carbons (Fsp3) is 0.0714. The Balaban J connectivity index is 1.96. The lowest BCUT2D eigenvalue weighted by Gasteiger charge is -2.09. The number of halogens is 3. The van der Waals surface area contributed by atoms with E-state index in [9.17, 15) is 19.3 Å². The number of hydrogen-bond acceptors (Lipinski definition) is 4. The molecule has 0 saturated carbocycles. The van der Waals surface area contributed by atoms with Gasteiger partial charge in [-0.1, -0.05) is 23.2 Å². The third-order valence-electron chi connectivity index (χ3n) is 2.69. The molecule has 0 radical (unpaired) electrons. The average Bonchev–Trinajstić information content (AvgIpc) is 2.49. The van der Waals surface area contributed by atoms with Crippen LogP contribution in [0.15, 0.2) is 36.4 Å². The average molecular weight is 359 g/mol. The standard InChI is InChI=1S/C14H9Cl2FN2O4/c15-10-5-8(1-3-12(10)17)18-14(20)7-23-13-4-2-9(19(21)22)6-11(13)16/h1-6H,7H2,(H,18,20). The largest absolute Gasteiger partial charge is 0.482 e. The first-order valence-electron chi connectivity index (χ1n) is 6.18. The minimum Gasteiger partial charge on any atom is -0.482 e. The second-order valence-corrected chi connectivity index (χ2v) is 5.15. The number of non-ortho nitro benzene ring substituents is 1. The molecule has 120 valence electrons. The molecule has 23 heavy (non-hydrogen) atoms. The van der Waals surface area contributed by atoms with E-state index in [1.165, 1.54) is 24.3 Å². The van der Waals surface area contributed by atoms with Crippen LogP contribution >= 0.6 is 23.2 Å². The minimum atomic E-state index is -0.599. The van der Waals surface area contributed by atoms with Crippen molar-refractivity contribution in [2.75, 3.05) is 11.9 Å². The zero-order valence-electron chi connectivity index (χ0n) is 11.4. The van der Waals surface area contributed by atoms with E-state index in [4.69, 9.17) is 27.9 Å². The number of nitrogens with zero attached hydrogens (tertiary/aromatic N) is 1. The Morgan fingerprint density at radius 1 is 1.22 bits per heavy atom. The molecule has 0 atom stereocenters. The van der Waals surface area contributed by atoms with Gasteiger partial charge in [0.05, 0.1) is 15.0 Å². The molecule has 2 aromatic carbocycles. The van der Waals surface area contributed by atoms with Gasteiger partial charge in [-0.2, -0.15) is 0 Å². The number of nitro benzene ring substituents is 1. The quantitative estimate of drug-likeness (QED) is 0.645. The second kappa shape index (κ2) is 7.26. The van der Waals surface area contributed by atoms with Crippen molar-refractivity contribution >= 4 is 40.5 Å². The number of hydrogen-bond donors (Lipinski definition) is 1. The van der Waals surface area contributed by atoms with Gasteiger partial charge in [0.1, 0.15) is 11.6 Å². The van der Waals surface area contributed by atoms with Crippen molar-refractivity contribution in [1.29, 1.82) is 0 Å². The van der Waals surface area contributed by atoms with Crippen LogP contribution in [0, 0.1) is 15.9 Å². The summed E-state index contributed by atoms with van der Waals surface area (Å²) in [5.74, 6) is -0.995. The summed E-state index contributed by atoms with van der Waals surface area (Å²) in [7, 11) is 0. The molecule has 9 heteroatoms. The van der Waals surface area contributed by atoms with Gasteiger partial charge in [0.2, 0.25) is 0 Å². The molecule has 0 spiro atoms. The molecule has 2 aromatic rings. The highest BCUT2D eigenvalue weighted by atomic mass is 35.5. The summed E-state index contributed by atoms with van der Waals surface area (Å²) >= 11 is 11.4. The van der Waals surface area contributed by atoms with Crippen LogP contribution < -0.4 is 10.1 Å². The van der Waals surface area contributed by atoms with Crippen molar-refractivity contribution in [3.63, 3.8) is 0 Å². The number of amides is 1. The van der Waals surface area contributed by atoms with Crippen LogP contribution in [0.2, 0.25) is 10.0 Å². The van der Waals surface area contributed by atoms with Crippen LogP contribution in [0.1, 0.15) is 0 Å². The lowest BCUT2D eigenvalue weighted by Crippen LogP contribution is -2.20. The molecule has 0 aliphatic rings. The van der Waals surface area contributed by atoms with Gasteiger partial charge >= 0.3 is 0 Å². The maximum Gasteiger partial charge on any atom is 0.271 e. The van der Waals surface area contributed by atoms with Gasteiger partial charge in [0.25, 0.3) is 11.6 Å². The van der Waals surface area contributed by atoms with Crippen molar-refractivity contribution in [3.8, 4) is 5.75 Å². The van der Waals surface area contributed by atoms with E-state index in [0.29, 0.717) is 5.69 Å². The Hall–Kier alpha value is -2.38. The highest BCUT2D eigenvalue weighted by molar-refractivity contribution is 6.32. The smallest absolute Gasteiger partial charge is 0.271 e. The van der Waals surface area contributed by atoms with Crippen LogP contribution in [0.4, 0.5) is 15.8 Å². The molecular formula is C14H9Cl2FN2O4. The molecule has 0 unspecified atom stereocenters. The lowest BCUT2D eigenvalue weighted by molar-refractivity contribution is -0.384. The van der Waals surface area contributed by atoms with E-state index >= 15 is 0 Å². The van der Waals surface area contributed by atoms with Gasteiger partial charge < -0.3 is 10.1 Å². The van der Waals surface area contributed by atoms with Gasteiger partial charge in [-0.05, 0) is 24.3 Å². The highest BCUT2D eigenvalue weighted by Gasteiger charge is 2.12. The van der Waals surface area contributed by atoms with E-state index < -0.39 is 16.6 Å². The monoisotopic (exact) mass is 358 g/mol. The molecule has 2 rings (SSSR count). The summed E-state index contributed by atoms with van der Waals surface area (Å²) in [5, 5.41) is 12.9. The van der Waals surface area contributed by atoms with Crippen LogP contribution in [-0.2, 0) is 4.79 Å². The first-order valence-corrected chi connectivity index (χ1v) is 6.94. The summed E-state index contributed by atoms with van der Waals surface area (Å²) in [6, 6.07) is 7.34. The first kappa shape index (κ1) is 17.0. The zero-order chi connectivity index (χ0) is 17.0. The van der Waals surface area contributed by atoms with E-state index in [2.05, 4.69) is 5.32 Å². The Labute approximate surface area is 139 Å². The van der Waals surface area contributed by atoms with Gasteiger partial charge in [0, 0.05) is 17.8 Å². The third kappa shape index (κ3) is 4.54. The molecule has 0 aromatic heterocycles. The van der Waals surface area contributed by atoms with Crippen molar-refractivity contribution in [2.24, 2.45) is 0 Å². The summed E-state index contributed by atoms with van der Waals surface area (Å²) in [4.78, 5) is 21.7. The Bertz CT molecular complexity index is 770. The molecule has 0 fully saturated rings. The van der Waals surface area contributed by atoms with Crippen molar-refractivity contribution < 1.29 is 18.8 Å². The summed E-state index contributed by atoms with van der Waals surface area (Å²) in [6.07, 6.45) is 0. The molecule has 0 heterocycles. The van der Waals surface area contributed by atoms with Crippen molar-refractivity contribution in [2.45, 2.75) is 0 Å². The fourth-order valence-electron chi connectivity index (χ4n) is 1.63. The molecular weight excluding hydrogens is 350 g/mol. The molecule has 0 bridgehead atoms. The number of anilines is 1. The molecule has 0 aliphatic heterocycles. The van der Waals surface area contributed by atoms with Crippen LogP contribution in [0.3, 0.4) is 0 Å². The number of carbonyl (C=O) groups excluding carboxylic acids is 1. The molecule has 6 nitrogen and oxygen atoms in total. The van der Waals surface area contributed by atoms with E-state index in [-0.39, 0.29) is 28.1 Å². The normalized spacial score (nSPS) is 10.2. The maximum absolute atomic E-state index is 13.0. The van der Waals surface area contributed by atoms with Crippen molar-refractivity contribution in [1.82, 2.24) is 0 Å². The highest BCUT2D eigenvalue weighted by Crippen LogP contribution is 2.28. The number of benzene rings is 2. The van der Waals surface area contributed by atoms with E-state index in [0.717, 1.165) is 12.1 Å². The summed E-state index contributed by atoms with van der Waals surface area (Å²) in [6.45, 7) is -0.382. The van der Waals surface area contributed by atoms with Crippen LogP contribution in [0.25, 0.3) is 0 Å². The van der Waals surface area contributed by atoms with Gasteiger partial charge in [-0.25, -0.2) is 4.39 Å². The number of nitro groups is 1. The first-order chi connectivity index (χ1) is 10.9. The number of ether oxygens (including phenoxy) is 1. The number of carbonyl (C=O) groups is 1. The molecule has 0 aliphatic carbocycles. The third-order valence-corrected chi connectivity index (χ3v) is 3.27. The molecule has 1 amide bonds. The summed E-state index contributed by atoms with van der Waals surface area (Å²) in [5.41, 5.74) is 0.118. The fourth-order valence-corrected chi connectivity index (χ4v) is 2.04. The van der Waals surface area contributed by atoms with Gasteiger partial charge in [-0.15, -0.1) is 0 Å². The summed E-state index contributed by atoms with van der Waals surface area (Å²) < 4.78 is 18.2. The Morgan fingerprint density at radius 3 is 2.57 bits per heavy atom. The topological polar surface area (TPSA) is 81.5 Å². The minimum absolute atomic E-state index is 0.0110. The second-order valence-electron chi connectivity index (χ2n) is 4.34. The maximum atomic E-state index is 13.0.